The van der Waals surface area contributed by atoms with Crippen LogP contribution in [-0.2, 0) is 0 Å². The van der Waals surface area contributed by atoms with Gasteiger partial charge in [0.1, 0.15) is 0 Å². The Labute approximate surface area is 114 Å². The predicted octanol–water partition coefficient (Wildman–Crippen LogP) is 4.87. The number of benzene rings is 1. The molecule has 0 amide bonds. The van der Waals surface area contributed by atoms with Crippen molar-refractivity contribution in [1.82, 2.24) is 0 Å². The first kappa shape index (κ1) is 14.9. The van der Waals surface area contributed by atoms with Crippen molar-refractivity contribution in [3.05, 3.63) is 28.2 Å². The average Bonchev–Trinajstić information content (AvgIpc) is 2.18. The predicted molar refractivity (Wildman–Crippen MR) is 65.7 cm³/mol. The molecule has 0 aliphatic carbocycles. The van der Waals surface area contributed by atoms with Gasteiger partial charge in [0.15, 0.2) is 5.78 Å². The van der Waals surface area contributed by atoms with E-state index in [-0.39, 0.29) is 32.5 Å². The maximum Gasteiger partial charge on any atom is 0.446 e. The quantitative estimate of drug-likeness (QED) is 0.441. The third-order valence-electron chi connectivity index (χ3n) is 1.80. The van der Waals surface area contributed by atoms with Crippen molar-refractivity contribution < 1.29 is 18.0 Å². The minimum absolute atomic E-state index is 0.0104. The molecule has 1 rings (SSSR count). The fourth-order valence-corrected chi connectivity index (χ4v) is 2.38. The van der Waals surface area contributed by atoms with E-state index in [1.807, 2.05) is 0 Å². The van der Waals surface area contributed by atoms with Gasteiger partial charge in [-0.15, -0.1) is 11.6 Å². The molecule has 0 saturated carbocycles. The maximum atomic E-state index is 12.2. The van der Waals surface area contributed by atoms with Crippen LogP contribution >= 0.6 is 39.3 Å². The van der Waals surface area contributed by atoms with E-state index in [1.165, 1.54) is 25.1 Å². The molecule has 0 N–H and O–H groups in total. The number of rotatable bonds is 3. The van der Waals surface area contributed by atoms with Crippen molar-refractivity contribution in [1.29, 1.82) is 0 Å². The highest BCUT2D eigenvalue weighted by Gasteiger charge is 2.30. The van der Waals surface area contributed by atoms with E-state index in [0.29, 0.717) is 0 Å². The molecule has 0 aliphatic heterocycles. The first-order valence-corrected chi connectivity index (χ1v) is 6.49. The van der Waals surface area contributed by atoms with Gasteiger partial charge in [-0.25, -0.2) is 0 Å². The lowest BCUT2D eigenvalue weighted by Gasteiger charge is -2.09. The van der Waals surface area contributed by atoms with Gasteiger partial charge in [-0.3, -0.25) is 4.79 Å². The molecule has 17 heavy (non-hydrogen) atoms. The monoisotopic (exact) mass is 346 g/mol. The van der Waals surface area contributed by atoms with Crippen molar-refractivity contribution in [2.75, 3.05) is 0 Å². The van der Waals surface area contributed by atoms with Gasteiger partial charge in [0, 0.05) is 14.9 Å². The van der Waals surface area contributed by atoms with Gasteiger partial charge in [0.25, 0.3) is 0 Å². The van der Waals surface area contributed by atoms with Gasteiger partial charge in [0.2, 0.25) is 0 Å². The van der Waals surface area contributed by atoms with E-state index >= 15 is 0 Å². The molecule has 1 aromatic carbocycles. The fourth-order valence-electron chi connectivity index (χ4n) is 1.09. The third-order valence-corrected chi connectivity index (χ3v) is 3.73. The van der Waals surface area contributed by atoms with Crippen LogP contribution in [0.2, 0.25) is 0 Å². The minimum Gasteiger partial charge on any atom is -0.293 e. The van der Waals surface area contributed by atoms with Gasteiger partial charge in [-0.1, -0.05) is 6.07 Å². The van der Waals surface area contributed by atoms with E-state index in [0.717, 1.165) is 0 Å². The molecular formula is C10H7BrClF3OS. The first-order valence-electron chi connectivity index (χ1n) is 4.44. The van der Waals surface area contributed by atoms with E-state index in [1.54, 1.807) is 0 Å². The van der Waals surface area contributed by atoms with Crippen LogP contribution in [0.15, 0.2) is 27.6 Å². The van der Waals surface area contributed by atoms with Crippen molar-refractivity contribution in [3.63, 3.8) is 0 Å². The molecule has 0 aromatic heterocycles. The smallest absolute Gasteiger partial charge is 0.293 e. The van der Waals surface area contributed by atoms with E-state index < -0.39 is 10.9 Å². The molecule has 1 atom stereocenters. The molecule has 94 valence electrons. The summed E-state index contributed by atoms with van der Waals surface area (Å²) in [5.74, 6) is -0.323. The van der Waals surface area contributed by atoms with Gasteiger partial charge in [0.05, 0.1) is 5.38 Å². The number of carbonyl (C=O) groups is 1. The Bertz CT molecular complexity index is 434. The van der Waals surface area contributed by atoms with Crippen LogP contribution in [0.1, 0.15) is 17.3 Å². The maximum absolute atomic E-state index is 12.2. The van der Waals surface area contributed by atoms with Crippen molar-refractivity contribution >= 4 is 45.1 Å². The van der Waals surface area contributed by atoms with Crippen LogP contribution in [-0.4, -0.2) is 16.7 Å². The molecule has 0 spiro atoms. The Morgan fingerprint density at radius 2 is 2.06 bits per heavy atom. The summed E-state index contributed by atoms with van der Waals surface area (Å²) in [4.78, 5) is 11.5. The highest BCUT2D eigenvalue weighted by molar-refractivity contribution is 9.10. The zero-order valence-corrected chi connectivity index (χ0v) is 11.7. The summed E-state index contributed by atoms with van der Waals surface area (Å²) in [6.07, 6.45) is 0. The van der Waals surface area contributed by atoms with Crippen LogP contribution in [0, 0.1) is 0 Å². The Hall–Kier alpha value is -0.200. The Morgan fingerprint density at radius 1 is 1.47 bits per heavy atom. The number of halogens is 5. The van der Waals surface area contributed by atoms with Crippen LogP contribution < -0.4 is 0 Å². The summed E-state index contributed by atoms with van der Waals surface area (Å²) < 4.78 is 36.7. The highest BCUT2D eigenvalue weighted by atomic mass is 79.9. The number of thioether (sulfide) groups is 1. The fraction of sp³-hybridized carbons (Fsp3) is 0.300. The number of ketones is 1. The standard InChI is InChI=1S/C10H7BrClF3OS/c1-5(12)9(16)6-2-3-8(7(11)4-6)17-10(13,14)15/h2-5H,1H3. The molecule has 0 fully saturated rings. The van der Waals surface area contributed by atoms with Crippen LogP contribution in [0.25, 0.3) is 0 Å². The van der Waals surface area contributed by atoms with Gasteiger partial charge < -0.3 is 0 Å². The van der Waals surface area contributed by atoms with Crippen molar-refractivity contribution in [3.8, 4) is 0 Å². The van der Waals surface area contributed by atoms with E-state index in [2.05, 4.69) is 15.9 Å². The molecular weight excluding hydrogens is 341 g/mol. The number of hydrogen-bond acceptors (Lipinski definition) is 2. The normalized spacial score (nSPS) is 13.5. The second-order valence-corrected chi connectivity index (χ2v) is 5.79. The molecule has 1 aromatic rings. The number of alkyl halides is 4. The van der Waals surface area contributed by atoms with Crippen LogP contribution in [0.3, 0.4) is 0 Å². The van der Waals surface area contributed by atoms with Gasteiger partial charge in [-0.2, -0.15) is 13.2 Å². The second kappa shape index (κ2) is 5.63. The highest BCUT2D eigenvalue weighted by Crippen LogP contribution is 2.40. The Kier molecular flexibility index (Phi) is 4.92. The average molecular weight is 348 g/mol. The molecule has 0 radical (unpaired) electrons. The molecule has 1 nitrogen and oxygen atoms in total. The summed E-state index contributed by atoms with van der Waals surface area (Å²) in [5, 5.41) is -0.706. The van der Waals surface area contributed by atoms with E-state index in [9.17, 15) is 18.0 Å². The molecule has 7 heteroatoms. The lowest BCUT2D eigenvalue weighted by Crippen LogP contribution is -2.10. The lowest BCUT2D eigenvalue weighted by atomic mass is 10.1. The van der Waals surface area contributed by atoms with Crippen LogP contribution in [0.5, 0.6) is 0 Å². The van der Waals surface area contributed by atoms with E-state index in [4.69, 9.17) is 11.6 Å². The minimum atomic E-state index is -4.35. The summed E-state index contributed by atoms with van der Waals surface area (Å²) in [6.45, 7) is 1.51. The molecule has 0 heterocycles. The second-order valence-electron chi connectivity index (χ2n) is 3.17. The van der Waals surface area contributed by atoms with Crippen LogP contribution in [0.4, 0.5) is 13.2 Å². The third kappa shape index (κ3) is 4.52. The Morgan fingerprint density at radius 3 is 2.47 bits per heavy atom. The molecule has 0 aliphatic rings. The zero-order chi connectivity index (χ0) is 13.2. The molecule has 0 bridgehead atoms. The van der Waals surface area contributed by atoms with Gasteiger partial charge in [-0.05, 0) is 46.7 Å². The largest absolute Gasteiger partial charge is 0.446 e. The Balaban J connectivity index is 2.98. The molecule has 0 saturated heterocycles. The number of hydrogen-bond donors (Lipinski definition) is 0. The summed E-state index contributed by atoms with van der Waals surface area (Å²) in [6, 6.07) is 3.92. The molecule has 1 unspecified atom stereocenters. The van der Waals surface area contributed by atoms with Crippen molar-refractivity contribution in [2.24, 2.45) is 0 Å². The summed E-state index contributed by atoms with van der Waals surface area (Å²) >= 11 is 8.38. The zero-order valence-electron chi connectivity index (χ0n) is 8.52. The topological polar surface area (TPSA) is 17.1 Å². The van der Waals surface area contributed by atoms with Crippen molar-refractivity contribution in [2.45, 2.75) is 22.7 Å². The van der Waals surface area contributed by atoms with Gasteiger partial charge >= 0.3 is 5.51 Å². The summed E-state index contributed by atoms with van der Waals surface area (Å²) in [5.41, 5.74) is -4.07. The number of carbonyl (C=O) groups excluding carboxylic acids is 1. The SMILES string of the molecule is CC(Cl)C(=O)c1ccc(SC(F)(F)F)c(Br)c1. The summed E-state index contributed by atoms with van der Waals surface area (Å²) in [7, 11) is 0. The first-order chi connectivity index (χ1) is 7.70. The number of Topliss-reactive ketones (excluding diaryl/α,β-unsaturated/α-hetero) is 1. The lowest BCUT2D eigenvalue weighted by molar-refractivity contribution is -0.0328.